The number of carbonyl (C=O) groups is 1. The average molecular weight is 409 g/mol. The molecule has 26 heavy (non-hydrogen) atoms. The van der Waals surface area contributed by atoms with E-state index in [1.807, 2.05) is 30.3 Å². The van der Waals surface area contributed by atoms with Crippen LogP contribution in [-0.4, -0.2) is 12.5 Å². The summed E-state index contributed by atoms with van der Waals surface area (Å²) in [6.07, 6.45) is 0.920. The number of halogens is 3. The molecule has 2 aromatic carbocycles. The SMILES string of the molecule is CC1CC(c2ccc(Cl)cc2Cl)C(c2ccc(Cl)cc2)C2CNC(=O)C12. The summed E-state index contributed by atoms with van der Waals surface area (Å²) in [4.78, 5) is 12.4. The second-order valence-electron chi connectivity index (χ2n) is 7.50. The zero-order chi connectivity index (χ0) is 18.4. The van der Waals surface area contributed by atoms with Crippen LogP contribution in [0.25, 0.3) is 0 Å². The second-order valence-corrected chi connectivity index (χ2v) is 8.78. The van der Waals surface area contributed by atoms with Crippen LogP contribution in [0.15, 0.2) is 42.5 Å². The Labute approximate surface area is 168 Å². The highest BCUT2D eigenvalue weighted by Gasteiger charge is 2.50. The van der Waals surface area contributed by atoms with Crippen molar-refractivity contribution in [2.75, 3.05) is 6.54 Å². The van der Waals surface area contributed by atoms with Gasteiger partial charge in [0.05, 0.1) is 0 Å². The quantitative estimate of drug-likeness (QED) is 0.657. The first-order valence-electron chi connectivity index (χ1n) is 8.94. The number of amides is 1. The van der Waals surface area contributed by atoms with E-state index in [9.17, 15) is 4.79 Å². The molecule has 1 aliphatic carbocycles. The van der Waals surface area contributed by atoms with Gasteiger partial charge in [-0.25, -0.2) is 0 Å². The largest absolute Gasteiger partial charge is 0.356 e. The molecular formula is C21H20Cl3NO. The molecule has 2 aromatic rings. The Morgan fingerprint density at radius 3 is 2.35 bits per heavy atom. The zero-order valence-electron chi connectivity index (χ0n) is 14.4. The maximum atomic E-state index is 12.4. The average Bonchev–Trinajstić information content (AvgIpc) is 2.98. The Morgan fingerprint density at radius 1 is 0.962 bits per heavy atom. The van der Waals surface area contributed by atoms with Crippen LogP contribution in [0, 0.1) is 17.8 Å². The first-order chi connectivity index (χ1) is 12.5. The maximum Gasteiger partial charge on any atom is 0.223 e. The minimum absolute atomic E-state index is 0.0537. The number of rotatable bonds is 2. The number of hydrogen-bond acceptors (Lipinski definition) is 1. The van der Waals surface area contributed by atoms with E-state index in [0.29, 0.717) is 22.5 Å². The van der Waals surface area contributed by atoms with Crippen LogP contribution in [-0.2, 0) is 4.79 Å². The van der Waals surface area contributed by atoms with Crippen molar-refractivity contribution >= 4 is 40.7 Å². The highest BCUT2D eigenvalue weighted by atomic mass is 35.5. The molecule has 0 aromatic heterocycles. The molecule has 5 unspecified atom stereocenters. The van der Waals surface area contributed by atoms with Crippen LogP contribution < -0.4 is 5.32 Å². The van der Waals surface area contributed by atoms with Crippen LogP contribution in [0.4, 0.5) is 0 Å². The Kier molecular flexibility index (Phi) is 4.94. The number of benzene rings is 2. The zero-order valence-corrected chi connectivity index (χ0v) is 16.7. The normalized spacial score (nSPS) is 30.8. The van der Waals surface area contributed by atoms with Crippen LogP contribution in [0.2, 0.25) is 15.1 Å². The van der Waals surface area contributed by atoms with Gasteiger partial charge >= 0.3 is 0 Å². The van der Waals surface area contributed by atoms with Gasteiger partial charge in [-0.2, -0.15) is 0 Å². The van der Waals surface area contributed by atoms with Gasteiger partial charge in [-0.3, -0.25) is 4.79 Å². The third-order valence-electron chi connectivity index (χ3n) is 6.03. The van der Waals surface area contributed by atoms with Crippen LogP contribution in [0.5, 0.6) is 0 Å². The predicted molar refractivity (Wildman–Crippen MR) is 107 cm³/mol. The number of hydrogen-bond donors (Lipinski definition) is 1. The summed E-state index contributed by atoms with van der Waals surface area (Å²) in [7, 11) is 0. The molecule has 0 bridgehead atoms. The molecule has 136 valence electrons. The Hall–Kier alpha value is -1.22. The lowest BCUT2D eigenvalue weighted by molar-refractivity contribution is -0.125. The summed E-state index contributed by atoms with van der Waals surface area (Å²) in [5, 5.41) is 5.14. The molecular weight excluding hydrogens is 389 g/mol. The number of fused-ring (bicyclic) bond motifs is 1. The fourth-order valence-corrected chi connectivity index (χ4v) is 5.64. The van der Waals surface area contributed by atoms with Crippen molar-refractivity contribution in [1.82, 2.24) is 5.32 Å². The molecule has 4 rings (SSSR count). The first-order valence-corrected chi connectivity index (χ1v) is 10.1. The van der Waals surface area contributed by atoms with Gasteiger partial charge in [0.2, 0.25) is 5.91 Å². The summed E-state index contributed by atoms with van der Waals surface area (Å²) in [6, 6.07) is 13.8. The molecule has 1 aliphatic heterocycles. The van der Waals surface area contributed by atoms with Gasteiger partial charge in [-0.1, -0.05) is 59.9 Å². The third kappa shape index (κ3) is 3.13. The molecule has 1 saturated carbocycles. The molecule has 1 saturated heterocycles. The van der Waals surface area contributed by atoms with Crippen LogP contribution in [0.1, 0.15) is 36.3 Å². The highest BCUT2D eigenvalue weighted by Crippen LogP contribution is 2.54. The topological polar surface area (TPSA) is 29.1 Å². The lowest BCUT2D eigenvalue weighted by Crippen LogP contribution is -2.37. The predicted octanol–water partition coefficient (Wildman–Crippen LogP) is 5.92. The van der Waals surface area contributed by atoms with Crippen LogP contribution in [0.3, 0.4) is 0 Å². The van der Waals surface area contributed by atoms with E-state index in [2.05, 4.69) is 24.4 Å². The highest BCUT2D eigenvalue weighted by molar-refractivity contribution is 6.35. The van der Waals surface area contributed by atoms with E-state index >= 15 is 0 Å². The summed E-state index contributed by atoms with van der Waals surface area (Å²) >= 11 is 18.8. The maximum absolute atomic E-state index is 12.4. The van der Waals surface area contributed by atoms with Crippen molar-refractivity contribution in [2.45, 2.75) is 25.2 Å². The summed E-state index contributed by atoms with van der Waals surface area (Å²) < 4.78 is 0. The molecule has 5 heteroatoms. The van der Waals surface area contributed by atoms with Gasteiger partial charge in [0.25, 0.3) is 0 Å². The molecule has 5 atom stereocenters. The van der Waals surface area contributed by atoms with E-state index in [4.69, 9.17) is 34.8 Å². The van der Waals surface area contributed by atoms with E-state index in [1.165, 1.54) is 5.56 Å². The smallest absolute Gasteiger partial charge is 0.223 e. The lowest BCUT2D eigenvalue weighted by Gasteiger charge is -2.43. The molecule has 2 nitrogen and oxygen atoms in total. The summed E-state index contributed by atoms with van der Waals surface area (Å²) in [6.45, 7) is 2.89. The van der Waals surface area contributed by atoms with E-state index in [-0.39, 0.29) is 29.6 Å². The van der Waals surface area contributed by atoms with Crippen molar-refractivity contribution < 1.29 is 4.79 Å². The molecule has 1 heterocycles. The Morgan fingerprint density at radius 2 is 1.65 bits per heavy atom. The summed E-state index contributed by atoms with van der Waals surface area (Å²) in [5.74, 6) is 1.25. The van der Waals surface area contributed by atoms with Crippen molar-refractivity contribution in [3.63, 3.8) is 0 Å². The van der Waals surface area contributed by atoms with Crippen molar-refractivity contribution in [1.29, 1.82) is 0 Å². The number of nitrogens with one attached hydrogen (secondary N) is 1. The first kappa shape index (κ1) is 18.2. The van der Waals surface area contributed by atoms with E-state index in [1.54, 1.807) is 0 Å². The second kappa shape index (κ2) is 7.07. The van der Waals surface area contributed by atoms with Crippen molar-refractivity contribution in [2.24, 2.45) is 17.8 Å². The Balaban J connectivity index is 1.82. The monoisotopic (exact) mass is 407 g/mol. The number of carbonyl (C=O) groups excluding carboxylic acids is 1. The van der Waals surface area contributed by atoms with Gasteiger partial charge in [-0.05, 0) is 65.5 Å². The lowest BCUT2D eigenvalue weighted by atomic mass is 9.60. The molecule has 1 N–H and O–H groups in total. The minimum Gasteiger partial charge on any atom is -0.356 e. The van der Waals surface area contributed by atoms with Gasteiger partial charge in [0, 0.05) is 27.5 Å². The molecule has 1 amide bonds. The third-order valence-corrected chi connectivity index (χ3v) is 6.84. The molecule has 2 fully saturated rings. The van der Waals surface area contributed by atoms with Gasteiger partial charge < -0.3 is 5.32 Å². The van der Waals surface area contributed by atoms with Gasteiger partial charge in [-0.15, -0.1) is 0 Å². The fourth-order valence-electron chi connectivity index (χ4n) is 4.97. The summed E-state index contributed by atoms with van der Waals surface area (Å²) in [5.41, 5.74) is 2.32. The van der Waals surface area contributed by atoms with E-state index < -0.39 is 0 Å². The van der Waals surface area contributed by atoms with E-state index in [0.717, 1.165) is 17.0 Å². The molecule has 0 spiro atoms. The van der Waals surface area contributed by atoms with Gasteiger partial charge in [0.1, 0.15) is 0 Å². The van der Waals surface area contributed by atoms with Crippen molar-refractivity contribution in [3.8, 4) is 0 Å². The fraction of sp³-hybridized carbons (Fsp3) is 0.381. The molecule has 0 radical (unpaired) electrons. The van der Waals surface area contributed by atoms with Crippen molar-refractivity contribution in [3.05, 3.63) is 68.7 Å². The Bertz CT molecular complexity index is 836. The van der Waals surface area contributed by atoms with Gasteiger partial charge in [0.15, 0.2) is 0 Å². The van der Waals surface area contributed by atoms with Crippen LogP contribution >= 0.6 is 34.8 Å². The standard InChI is InChI=1S/C21H20Cl3NO/c1-11-8-16(15-7-6-14(23)9-18(15)24)20(12-2-4-13(22)5-3-12)17-10-25-21(26)19(11)17/h2-7,9,11,16-17,19-20H,8,10H2,1H3,(H,25,26). The molecule has 2 aliphatic rings. The minimum atomic E-state index is 0.0537.